The van der Waals surface area contributed by atoms with Crippen molar-refractivity contribution in [1.82, 2.24) is 30.5 Å². The standard InChI is InChI=1S/C21H25N7O/c1-13-12-28(26-23-13)16-5-6-18(20(29)11-16)19-7-8-21(25-24-19)27(2)17-9-14-3-4-15(10-17)22-14/h5-8,11-12,14-15,17,22,29H,3-4,9-10H2,1-2H3/t14-,15+,17?. The van der Waals surface area contributed by atoms with Crippen LogP contribution >= 0.6 is 0 Å². The van der Waals surface area contributed by atoms with Crippen LogP contribution in [-0.4, -0.2) is 55.5 Å². The Balaban J connectivity index is 1.34. The van der Waals surface area contributed by atoms with Gasteiger partial charge < -0.3 is 15.3 Å². The Kier molecular flexibility index (Phi) is 4.43. The number of hydrogen-bond donors (Lipinski definition) is 2. The third kappa shape index (κ3) is 3.44. The summed E-state index contributed by atoms with van der Waals surface area (Å²) < 4.78 is 1.63. The Morgan fingerprint density at radius 1 is 1.07 bits per heavy atom. The zero-order chi connectivity index (χ0) is 20.0. The fraction of sp³-hybridized carbons (Fsp3) is 0.429. The molecule has 0 amide bonds. The van der Waals surface area contributed by atoms with Crippen molar-refractivity contribution in [3.63, 3.8) is 0 Å². The van der Waals surface area contributed by atoms with Crippen molar-refractivity contribution in [1.29, 1.82) is 0 Å². The Morgan fingerprint density at radius 2 is 1.86 bits per heavy atom. The van der Waals surface area contributed by atoms with Crippen LogP contribution in [-0.2, 0) is 0 Å². The van der Waals surface area contributed by atoms with Crippen LogP contribution in [0.15, 0.2) is 36.5 Å². The van der Waals surface area contributed by atoms with Crippen LogP contribution in [0.25, 0.3) is 16.9 Å². The predicted octanol–water partition coefficient (Wildman–Crippen LogP) is 2.46. The number of nitrogens with zero attached hydrogens (tertiary/aromatic N) is 6. The number of rotatable bonds is 4. The molecule has 5 rings (SSSR count). The van der Waals surface area contributed by atoms with Gasteiger partial charge in [0.15, 0.2) is 5.82 Å². The molecule has 0 spiro atoms. The van der Waals surface area contributed by atoms with Gasteiger partial charge in [-0.15, -0.1) is 15.3 Å². The van der Waals surface area contributed by atoms with Gasteiger partial charge in [-0.25, -0.2) is 4.68 Å². The van der Waals surface area contributed by atoms with Crippen molar-refractivity contribution in [2.75, 3.05) is 11.9 Å². The molecule has 4 heterocycles. The smallest absolute Gasteiger partial charge is 0.151 e. The lowest BCUT2D eigenvalue weighted by Gasteiger charge is -2.36. The molecule has 3 aromatic rings. The van der Waals surface area contributed by atoms with Crippen LogP contribution < -0.4 is 10.2 Å². The SMILES string of the molecule is Cc1cn(-c2ccc(-c3ccc(N(C)C4C[C@H]5CC[C@@H](C4)N5)nn3)c(O)c2)nn1. The number of benzene rings is 1. The number of aromatic hydroxyl groups is 1. The summed E-state index contributed by atoms with van der Waals surface area (Å²) >= 11 is 0. The second kappa shape index (κ2) is 7.11. The van der Waals surface area contributed by atoms with Crippen molar-refractivity contribution in [3.05, 3.63) is 42.2 Å². The van der Waals surface area contributed by atoms with Crippen LogP contribution in [0.5, 0.6) is 5.75 Å². The number of anilines is 1. The van der Waals surface area contributed by atoms with Gasteiger partial charge >= 0.3 is 0 Å². The molecule has 2 aromatic heterocycles. The van der Waals surface area contributed by atoms with E-state index in [4.69, 9.17) is 0 Å². The normalized spacial score (nSPS) is 23.3. The molecule has 2 aliphatic rings. The fourth-order valence-electron chi connectivity index (χ4n) is 4.54. The van der Waals surface area contributed by atoms with Crippen LogP contribution in [0.3, 0.4) is 0 Å². The highest BCUT2D eigenvalue weighted by Gasteiger charge is 2.35. The molecule has 2 saturated heterocycles. The lowest BCUT2D eigenvalue weighted by atomic mass is 9.98. The summed E-state index contributed by atoms with van der Waals surface area (Å²) in [6, 6.07) is 11.1. The number of aromatic nitrogens is 5. The summed E-state index contributed by atoms with van der Waals surface area (Å²) in [7, 11) is 2.10. The summed E-state index contributed by atoms with van der Waals surface area (Å²) in [6.07, 6.45) is 6.68. The van der Waals surface area contributed by atoms with Crippen molar-refractivity contribution in [2.24, 2.45) is 0 Å². The molecule has 8 nitrogen and oxygen atoms in total. The van der Waals surface area contributed by atoms with E-state index in [1.165, 1.54) is 12.8 Å². The van der Waals surface area contributed by atoms with Crippen LogP contribution in [0.2, 0.25) is 0 Å². The van der Waals surface area contributed by atoms with Crippen LogP contribution in [0.1, 0.15) is 31.4 Å². The molecule has 8 heteroatoms. The lowest BCUT2D eigenvalue weighted by Crippen LogP contribution is -2.47. The second-order valence-corrected chi connectivity index (χ2v) is 8.16. The van der Waals surface area contributed by atoms with Crippen molar-refractivity contribution in [3.8, 4) is 22.7 Å². The average Bonchev–Trinajstić information content (AvgIpc) is 3.32. The van der Waals surface area contributed by atoms with Crippen LogP contribution in [0, 0.1) is 6.92 Å². The molecule has 150 valence electrons. The van der Waals surface area contributed by atoms with Gasteiger partial charge in [-0.3, -0.25) is 0 Å². The first kappa shape index (κ1) is 18.1. The number of piperidine rings is 1. The predicted molar refractivity (Wildman–Crippen MR) is 110 cm³/mol. The van der Waals surface area contributed by atoms with Crippen molar-refractivity contribution < 1.29 is 5.11 Å². The van der Waals surface area contributed by atoms with Gasteiger partial charge in [-0.1, -0.05) is 5.21 Å². The summed E-state index contributed by atoms with van der Waals surface area (Å²) in [5, 5.41) is 31.0. The number of hydrogen-bond acceptors (Lipinski definition) is 7. The van der Waals surface area contributed by atoms with E-state index < -0.39 is 0 Å². The van der Waals surface area contributed by atoms with E-state index in [-0.39, 0.29) is 5.75 Å². The Morgan fingerprint density at radius 3 is 2.48 bits per heavy atom. The van der Waals surface area contributed by atoms with Gasteiger partial charge in [0.05, 0.1) is 23.3 Å². The van der Waals surface area contributed by atoms with Gasteiger partial charge in [0.2, 0.25) is 0 Å². The first-order valence-corrected chi connectivity index (χ1v) is 10.1. The number of nitrogens with one attached hydrogen (secondary N) is 1. The van der Waals surface area contributed by atoms with E-state index in [1.54, 1.807) is 10.7 Å². The Bertz CT molecular complexity index is 1000. The van der Waals surface area contributed by atoms with E-state index in [1.807, 2.05) is 37.4 Å². The van der Waals surface area contributed by atoms with Gasteiger partial charge in [-0.2, -0.15) is 0 Å². The number of phenolic OH excluding ortho intramolecular Hbond substituents is 1. The molecule has 2 bridgehead atoms. The first-order chi connectivity index (χ1) is 14.1. The first-order valence-electron chi connectivity index (χ1n) is 10.1. The maximum Gasteiger partial charge on any atom is 0.151 e. The highest BCUT2D eigenvalue weighted by atomic mass is 16.3. The molecule has 0 saturated carbocycles. The van der Waals surface area contributed by atoms with E-state index in [9.17, 15) is 5.11 Å². The molecule has 2 N–H and O–H groups in total. The lowest BCUT2D eigenvalue weighted by molar-refractivity contribution is 0.353. The van der Waals surface area contributed by atoms with E-state index in [0.717, 1.165) is 30.0 Å². The van der Waals surface area contributed by atoms with E-state index >= 15 is 0 Å². The third-order valence-corrected chi connectivity index (χ3v) is 6.14. The maximum atomic E-state index is 10.5. The van der Waals surface area contributed by atoms with Crippen molar-refractivity contribution in [2.45, 2.75) is 50.7 Å². The Hall–Kier alpha value is -3.00. The highest BCUT2D eigenvalue weighted by Crippen LogP contribution is 2.32. The van der Waals surface area contributed by atoms with E-state index in [2.05, 4.69) is 37.8 Å². The maximum absolute atomic E-state index is 10.5. The minimum atomic E-state index is 0.140. The molecule has 0 aliphatic carbocycles. The third-order valence-electron chi connectivity index (χ3n) is 6.14. The van der Waals surface area contributed by atoms with Crippen molar-refractivity contribution >= 4 is 5.82 Å². The van der Waals surface area contributed by atoms with Crippen LogP contribution in [0.4, 0.5) is 5.82 Å². The summed E-state index contributed by atoms with van der Waals surface area (Å²) in [4.78, 5) is 2.25. The topological polar surface area (TPSA) is 92.0 Å². The molecular weight excluding hydrogens is 366 g/mol. The number of phenols is 1. The molecule has 1 unspecified atom stereocenters. The zero-order valence-corrected chi connectivity index (χ0v) is 16.7. The minimum absolute atomic E-state index is 0.140. The summed E-state index contributed by atoms with van der Waals surface area (Å²) in [5.41, 5.74) is 2.86. The fourth-order valence-corrected chi connectivity index (χ4v) is 4.54. The summed E-state index contributed by atoms with van der Waals surface area (Å²) in [6.45, 7) is 1.88. The second-order valence-electron chi connectivity index (χ2n) is 8.16. The molecule has 0 radical (unpaired) electrons. The molecule has 3 atom stereocenters. The highest BCUT2D eigenvalue weighted by molar-refractivity contribution is 5.69. The molecular formula is C21H25N7O. The monoisotopic (exact) mass is 391 g/mol. The average molecular weight is 391 g/mol. The molecule has 2 aliphatic heterocycles. The molecule has 29 heavy (non-hydrogen) atoms. The largest absolute Gasteiger partial charge is 0.507 e. The quantitative estimate of drug-likeness (QED) is 0.706. The van der Waals surface area contributed by atoms with Gasteiger partial charge in [0, 0.05) is 36.8 Å². The van der Waals surface area contributed by atoms with E-state index in [0.29, 0.717) is 29.4 Å². The zero-order valence-electron chi connectivity index (χ0n) is 16.7. The van der Waals surface area contributed by atoms with Gasteiger partial charge in [0.25, 0.3) is 0 Å². The minimum Gasteiger partial charge on any atom is -0.507 e. The van der Waals surface area contributed by atoms with Gasteiger partial charge in [-0.05, 0) is 56.9 Å². The number of fused-ring (bicyclic) bond motifs is 2. The summed E-state index contributed by atoms with van der Waals surface area (Å²) in [5.74, 6) is 1.01. The molecule has 1 aromatic carbocycles. The Labute approximate surface area is 169 Å². The number of aryl methyl sites for hydroxylation is 1. The van der Waals surface area contributed by atoms with Gasteiger partial charge in [0.1, 0.15) is 5.75 Å². The molecule has 2 fully saturated rings.